The molecule has 2 aliphatic heterocycles. The molecule has 2 N–H and O–H groups in total. The molecule has 2 heterocycles. The molecule has 1 unspecified atom stereocenters. The summed E-state index contributed by atoms with van der Waals surface area (Å²) in [6.07, 6.45) is 8.90. The Bertz CT molecular complexity index is 832. The minimum atomic E-state index is -0.468. The average molecular weight is 486 g/mol. The van der Waals surface area contributed by atoms with Gasteiger partial charge in [-0.25, -0.2) is 4.79 Å². The van der Waals surface area contributed by atoms with Gasteiger partial charge in [-0.1, -0.05) is 38.8 Å². The van der Waals surface area contributed by atoms with Gasteiger partial charge < -0.3 is 15.4 Å². The number of benzene rings is 1. The molecule has 3 rings (SSSR count). The first-order chi connectivity index (χ1) is 16.6. The highest BCUT2D eigenvalue weighted by Gasteiger charge is 2.40. The Balaban J connectivity index is 1.52. The van der Waals surface area contributed by atoms with Gasteiger partial charge in [-0.3, -0.25) is 9.69 Å². The molecule has 0 radical (unpaired) electrons. The largest absolute Gasteiger partial charge is 0.444 e. The van der Waals surface area contributed by atoms with E-state index in [9.17, 15) is 9.59 Å². The van der Waals surface area contributed by atoms with Crippen molar-refractivity contribution in [1.29, 1.82) is 0 Å². The van der Waals surface area contributed by atoms with Crippen LogP contribution in [0.1, 0.15) is 108 Å². The molecule has 2 amide bonds. The molecule has 2 saturated heterocycles. The normalized spacial score (nSPS) is 22.4. The summed E-state index contributed by atoms with van der Waals surface area (Å²) >= 11 is 0. The zero-order valence-corrected chi connectivity index (χ0v) is 22.6. The molecule has 2 fully saturated rings. The van der Waals surface area contributed by atoms with Crippen LogP contribution in [0.4, 0.5) is 4.79 Å². The molecular formula is C29H47N3O3. The summed E-state index contributed by atoms with van der Waals surface area (Å²) in [5.41, 5.74) is 6.90. The van der Waals surface area contributed by atoms with E-state index in [1.807, 2.05) is 37.8 Å². The predicted octanol–water partition coefficient (Wildman–Crippen LogP) is 5.95. The van der Waals surface area contributed by atoms with Gasteiger partial charge in [-0.15, -0.1) is 0 Å². The van der Waals surface area contributed by atoms with Crippen molar-refractivity contribution in [2.45, 2.75) is 110 Å². The molecule has 1 aromatic carbocycles. The SMILES string of the molecule is CCC(CC)CN(CCCCN1[C@@H]2CC[C@H]1CC(c1cccc(C(N)=O)c1)C2)C(=O)OC(C)(C)C. The Hall–Kier alpha value is -2.08. The van der Waals surface area contributed by atoms with E-state index in [0.717, 1.165) is 58.2 Å². The standard InChI is InChI=1S/C29H47N3O3/c1-6-21(7-2)20-31(28(34)35-29(3,4)5)15-8-9-16-32-25-13-14-26(32)19-24(18-25)22-11-10-12-23(17-22)27(30)33/h10-12,17,21,24-26H,6-9,13-16,18-20H2,1-5H3,(H2,30,33)/t24?,25-,26+. The van der Waals surface area contributed by atoms with Crippen LogP contribution in [0.25, 0.3) is 0 Å². The van der Waals surface area contributed by atoms with E-state index in [-0.39, 0.29) is 12.0 Å². The molecule has 6 nitrogen and oxygen atoms in total. The van der Waals surface area contributed by atoms with Gasteiger partial charge in [-0.2, -0.15) is 0 Å². The molecule has 0 aromatic heterocycles. The fraction of sp³-hybridized carbons (Fsp3) is 0.724. The van der Waals surface area contributed by atoms with Crippen molar-refractivity contribution in [3.63, 3.8) is 0 Å². The number of rotatable bonds is 11. The van der Waals surface area contributed by atoms with Crippen molar-refractivity contribution in [3.8, 4) is 0 Å². The van der Waals surface area contributed by atoms with Crippen LogP contribution < -0.4 is 5.73 Å². The number of carbonyl (C=O) groups excluding carboxylic acids is 2. The monoisotopic (exact) mass is 485 g/mol. The Morgan fingerprint density at radius 1 is 1.11 bits per heavy atom. The van der Waals surface area contributed by atoms with Crippen LogP contribution in [0, 0.1) is 5.92 Å². The quantitative estimate of drug-likeness (QED) is 0.393. The minimum Gasteiger partial charge on any atom is -0.444 e. The van der Waals surface area contributed by atoms with Gasteiger partial charge in [0.25, 0.3) is 0 Å². The van der Waals surface area contributed by atoms with E-state index in [1.165, 1.54) is 18.4 Å². The molecule has 0 spiro atoms. The first-order valence-electron chi connectivity index (χ1n) is 13.7. The molecule has 196 valence electrons. The van der Waals surface area contributed by atoms with Gasteiger partial charge in [0, 0.05) is 30.7 Å². The van der Waals surface area contributed by atoms with Crippen LogP contribution in [0.5, 0.6) is 0 Å². The summed E-state index contributed by atoms with van der Waals surface area (Å²) < 4.78 is 5.71. The van der Waals surface area contributed by atoms with Gasteiger partial charge in [0.2, 0.25) is 5.91 Å². The highest BCUT2D eigenvalue weighted by Crippen LogP contribution is 2.43. The van der Waals surface area contributed by atoms with E-state index in [4.69, 9.17) is 10.5 Å². The van der Waals surface area contributed by atoms with E-state index >= 15 is 0 Å². The number of nitrogens with zero attached hydrogens (tertiary/aromatic N) is 2. The van der Waals surface area contributed by atoms with Crippen LogP contribution in [0.15, 0.2) is 24.3 Å². The highest BCUT2D eigenvalue weighted by atomic mass is 16.6. The number of amides is 2. The topological polar surface area (TPSA) is 75.9 Å². The van der Waals surface area contributed by atoms with Crippen molar-refractivity contribution in [2.75, 3.05) is 19.6 Å². The maximum atomic E-state index is 12.8. The molecular weight excluding hydrogens is 438 g/mol. The van der Waals surface area contributed by atoms with Crippen LogP contribution in [-0.2, 0) is 4.74 Å². The lowest BCUT2D eigenvalue weighted by Gasteiger charge is -2.39. The Labute approximate surface area is 212 Å². The lowest BCUT2D eigenvalue weighted by Crippen LogP contribution is -2.43. The molecule has 2 aliphatic rings. The number of unbranched alkanes of at least 4 members (excludes halogenated alkanes) is 1. The van der Waals surface area contributed by atoms with Crippen molar-refractivity contribution >= 4 is 12.0 Å². The average Bonchev–Trinajstić information content (AvgIpc) is 3.04. The maximum absolute atomic E-state index is 12.8. The lowest BCUT2D eigenvalue weighted by molar-refractivity contribution is 0.0210. The first-order valence-corrected chi connectivity index (χ1v) is 13.7. The Kier molecular flexibility index (Phi) is 9.62. The van der Waals surface area contributed by atoms with E-state index in [0.29, 0.717) is 29.5 Å². The molecule has 0 aliphatic carbocycles. The summed E-state index contributed by atoms with van der Waals surface area (Å²) in [6.45, 7) is 12.8. The zero-order valence-electron chi connectivity index (χ0n) is 22.6. The van der Waals surface area contributed by atoms with Gasteiger partial charge in [0.05, 0.1) is 0 Å². The van der Waals surface area contributed by atoms with Crippen molar-refractivity contribution in [1.82, 2.24) is 9.80 Å². The van der Waals surface area contributed by atoms with Gasteiger partial charge in [0.1, 0.15) is 5.60 Å². The number of primary amides is 1. The first kappa shape index (κ1) is 27.5. The summed E-state index contributed by atoms with van der Waals surface area (Å²) in [6, 6.07) is 9.14. The highest BCUT2D eigenvalue weighted by molar-refractivity contribution is 5.92. The molecule has 1 aromatic rings. The number of nitrogens with two attached hydrogens (primary N) is 1. The lowest BCUT2D eigenvalue weighted by atomic mass is 9.84. The predicted molar refractivity (Wildman–Crippen MR) is 142 cm³/mol. The minimum absolute atomic E-state index is 0.177. The fourth-order valence-corrected chi connectivity index (χ4v) is 5.90. The maximum Gasteiger partial charge on any atom is 0.410 e. The van der Waals surface area contributed by atoms with Crippen molar-refractivity contribution < 1.29 is 14.3 Å². The van der Waals surface area contributed by atoms with Crippen molar-refractivity contribution in [3.05, 3.63) is 35.4 Å². The van der Waals surface area contributed by atoms with Crippen LogP contribution >= 0.6 is 0 Å². The summed E-state index contributed by atoms with van der Waals surface area (Å²) in [5, 5.41) is 0. The van der Waals surface area contributed by atoms with Gasteiger partial charge in [-0.05, 0) is 95.4 Å². The molecule has 3 atom stereocenters. The van der Waals surface area contributed by atoms with E-state index in [2.05, 4.69) is 24.8 Å². The van der Waals surface area contributed by atoms with Crippen LogP contribution in [0.3, 0.4) is 0 Å². The fourth-order valence-electron chi connectivity index (χ4n) is 5.90. The van der Waals surface area contributed by atoms with E-state index in [1.54, 1.807) is 6.07 Å². The zero-order chi connectivity index (χ0) is 25.6. The number of carbonyl (C=O) groups is 2. The second-order valence-electron chi connectivity index (χ2n) is 11.6. The molecule has 6 heteroatoms. The Morgan fingerprint density at radius 3 is 2.34 bits per heavy atom. The number of hydrogen-bond donors (Lipinski definition) is 1. The third-order valence-corrected chi connectivity index (χ3v) is 7.91. The van der Waals surface area contributed by atoms with Crippen molar-refractivity contribution in [2.24, 2.45) is 11.7 Å². The number of fused-ring (bicyclic) bond motifs is 2. The second kappa shape index (κ2) is 12.2. The summed E-state index contributed by atoms with van der Waals surface area (Å²) in [7, 11) is 0. The second-order valence-corrected chi connectivity index (χ2v) is 11.6. The summed E-state index contributed by atoms with van der Waals surface area (Å²) in [4.78, 5) is 29.1. The van der Waals surface area contributed by atoms with Gasteiger partial charge in [0.15, 0.2) is 0 Å². The molecule has 2 bridgehead atoms. The smallest absolute Gasteiger partial charge is 0.410 e. The van der Waals surface area contributed by atoms with Crippen LogP contribution in [-0.4, -0.2) is 59.1 Å². The van der Waals surface area contributed by atoms with Gasteiger partial charge >= 0.3 is 6.09 Å². The number of ether oxygens (including phenoxy) is 1. The van der Waals surface area contributed by atoms with E-state index < -0.39 is 5.60 Å². The third kappa shape index (κ3) is 7.70. The summed E-state index contributed by atoms with van der Waals surface area (Å²) in [5.74, 6) is 0.674. The number of piperidine rings is 1. The molecule has 35 heavy (non-hydrogen) atoms. The number of hydrogen-bond acceptors (Lipinski definition) is 4. The third-order valence-electron chi connectivity index (χ3n) is 7.91. The van der Waals surface area contributed by atoms with Crippen LogP contribution in [0.2, 0.25) is 0 Å². The Morgan fingerprint density at radius 2 is 1.77 bits per heavy atom. The molecule has 0 saturated carbocycles.